The fourth-order valence-electron chi connectivity index (χ4n) is 9.11. The Hall–Kier alpha value is -4.19. The molecule has 0 saturated heterocycles. The summed E-state index contributed by atoms with van der Waals surface area (Å²) in [6.07, 6.45) is 92.2. The molecule has 79 heavy (non-hydrogen) atoms. The lowest BCUT2D eigenvalue weighted by Crippen LogP contribution is -2.30. The zero-order valence-corrected chi connectivity index (χ0v) is 51.6. The number of carbonyl (C=O) groups excluding carboxylic acids is 3. The van der Waals surface area contributed by atoms with Gasteiger partial charge in [0.2, 0.25) is 0 Å². The van der Waals surface area contributed by atoms with Crippen molar-refractivity contribution >= 4 is 17.9 Å². The van der Waals surface area contributed by atoms with Crippen molar-refractivity contribution in [2.45, 2.75) is 309 Å². The number of esters is 3. The van der Waals surface area contributed by atoms with Gasteiger partial charge in [-0.25, -0.2) is 0 Å². The van der Waals surface area contributed by atoms with Crippen LogP contribution in [0.3, 0.4) is 0 Å². The van der Waals surface area contributed by atoms with E-state index < -0.39 is 12.1 Å². The molecule has 1 atom stereocenters. The van der Waals surface area contributed by atoms with Crippen molar-refractivity contribution in [3.63, 3.8) is 0 Å². The van der Waals surface area contributed by atoms with Crippen molar-refractivity contribution in [2.75, 3.05) is 13.2 Å². The number of ether oxygens (including phenoxy) is 3. The lowest BCUT2D eigenvalue weighted by atomic mass is 10.0. The number of allylic oxidation sites excluding steroid dienone is 20. The third-order valence-electron chi connectivity index (χ3n) is 14.0. The summed E-state index contributed by atoms with van der Waals surface area (Å²) in [7, 11) is 0. The summed E-state index contributed by atoms with van der Waals surface area (Å²) >= 11 is 0. The summed E-state index contributed by atoms with van der Waals surface area (Å²) in [5.41, 5.74) is 0. The number of unbranched alkanes of at least 4 members (excludes halogenated alkanes) is 28. The standard InChI is InChI=1S/C73H122O6/c1-4-7-10-13-16-19-22-25-28-31-33-34-35-36-37-38-40-42-45-48-51-54-57-60-63-66-72(75)78-69-70(68-77-71(74)65-62-59-56-53-50-47-44-41-30-27-24-21-18-15-12-9-6-3)79-73(76)67-64-61-58-55-52-49-46-43-39-32-29-26-23-20-17-14-11-8-5-2/h7-8,10-11,16-17,19-20,25-26,28-29,33-34,39,43,49,52,58,61,70H,4-6,9,12-15,18,21-24,27,30-32,35-38,40-42,44-48,50-51,53-57,59-60,62-69H2,1-3H3/b10-7-,11-8-,19-16-,20-17-,28-25-,29-26-,34-33-,43-39-,52-49-,61-58-. The molecule has 0 N–H and O–H groups in total. The minimum absolute atomic E-state index is 0.108. The molecule has 0 aromatic rings. The van der Waals surface area contributed by atoms with Gasteiger partial charge in [0.25, 0.3) is 0 Å². The molecular formula is C73H122O6. The Morgan fingerprint density at radius 1 is 0.266 bits per heavy atom. The van der Waals surface area contributed by atoms with Gasteiger partial charge in [0.05, 0.1) is 0 Å². The first-order chi connectivity index (χ1) is 39.0. The molecule has 0 aliphatic rings. The second kappa shape index (κ2) is 66.3. The Kier molecular flexibility index (Phi) is 62.8. The highest BCUT2D eigenvalue weighted by Gasteiger charge is 2.19. The highest BCUT2D eigenvalue weighted by Crippen LogP contribution is 2.17. The van der Waals surface area contributed by atoms with Gasteiger partial charge >= 0.3 is 17.9 Å². The highest BCUT2D eigenvalue weighted by molar-refractivity contribution is 5.71. The van der Waals surface area contributed by atoms with Crippen LogP contribution in [0.25, 0.3) is 0 Å². The lowest BCUT2D eigenvalue weighted by Gasteiger charge is -2.18. The molecule has 0 aromatic carbocycles. The third kappa shape index (κ3) is 64.5. The Balaban J connectivity index is 4.44. The van der Waals surface area contributed by atoms with E-state index in [0.29, 0.717) is 19.3 Å². The average Bonchev–Trinajstić information content (AvgIpc) is 3.45. The van der Waals surface area contributed by atoms with Crippen LogP contribution in [0.5, 0.6) is 0 Å². The molecule has 0 saturated carbocycles. The maximum atomic E-state index is 12.9. The maximum absolute atomic E-state index is 12.9. The topological polar surface area (TPSA) is 78.9 Å². The normalized spacial score (nSPS) is 12.9. The van der Waals surface area contributed by atoms with Gasteiger partial charge in [-0.1, -0.05) is 309 Å². The zero-order valence-electron chi connectivity index (χ0n) is 51.6. The van der Waals surface area contributed by atoms with E-state index in [1.807, 2.05) is 6.08 Å². The molecule has 0 bridgehead atoms. The van der Waals surface area contributed by atoms with Crippen LogP contribution in [0.4, 0.5) is 0 Å². The van der Waals surface area contributed by atoms with Crippen molar-refractivity contribution in [1.82, 2.24) is 0 Å². The van der Waals surface area contributed by atoms with E-state index in [1.165, 1.54) is 154 Å². The zero-order chi connectivity index (χ0) is 57.1. The van der Waals surface area contributed by atoms with Crippen molar-refractivity contribution < 1.29 is 28.6 Å². The fourth-order valence-corrected chi connectivity index (χ4v) is 9.11. The summed E-state index contributed by atoms with van der Waals surface area (Å²) in [4.78, 5) is 38.4. The number of hydrogen-bond acceptors (Lipinski definition) is 6. The highest BCUT2D eigenvalue weighted by atomic mass is 16.6. The Morgan fingerprint density at radius 2 is 0.519 bits per heavy atom. The number of hydrogen-bond donors (Lipinski definition) is 0. The van der Waals surface area contributed by atoms with Crippen LogP contribution in [0.15, 0.2) is 122 Å². The molecule has 6 nitrogen and oxygen atoms in total. The molecule has 0 aliphatic carbocycles. The monoisotopic (exact) mass is 1090 g/mol. The molecule has 1 unspecified atom stereocenters. The Labute approximate surface area is 488 Å². The lowest BCUT2D eigenvalue weighted by molar-refractivity contribution is -0.166. The van der Waals surface area contributed by atoms with Crippen LogP contribution >= 0.6 is 0 Å². The van der Waals surface area contributed by atoms with Gasteiger partial charge in [-0.05, 0) is 96.3 Å². The van der Waals surface area contributed by atoms with E-state index in [-0.39, 0.29) is 31.6 Å². The largest absolute Gasteiger partial charge is 0.462 e. The van der Waals surface area contributed by atoms with Gasteiger partial charge in [-0.15, -0.1) is 0 Å². The molecule has 0 rings (SSSR count). The summed E-state index contributed by atoms with van der Waals surface area (Å²) in [5.74, 6) is -0.985. The first-order valence-corrected chi connectivity index (χ1v) is 33.0. The first kappa shape index (κ1) is 74.8. The van der Waals surface area contributed by atoms with Gasteiger partial charge in [0.1, 0.15) is 13.2 Å². The van der Waals surface area contributed by atoms with Crippen LogP contribution < -0.4 is 0 Å². The molecule has 0 heterocycles. The van der Waals surface area contributed by atoms with E-state index in [0.717, 1.165) is 103 Å². The molecule has 0 aliphatic heterocycles. The molecule has 6 heteroatoms. The van der Waals surface area contributed by atoms with Gasteiger partial charge < -0.3 is 14.2 Å². The third-order valence-corrected chi connectivity index (χ3v) is 14.0. The predicted molar refractivity (Wildman–Crippen MR) is 343 cm³/mol. The predicted octanol–water partition coefficient (Wildman–Crippen LogP) is 22.8. The molecule has 0 aromatic heterocycles. The fraction of sp³-hybridized carbons (Fsp3) is 0.685. The second-order valence-corrected chi connectivity index (χ2v) is 21.6. The number of carbonyl (C=O) groups is 3. The minimum Gasteiger partial charge on any atom is -0.462 e. The van der Waals surface area contributed by atoms with Crippen molar-refractivity contribution in [2.24, 2.45) is 0 Å². The average molecular weight is 1100 g/mol. The second-order valence-electron chi connectivity index (χ2n) is 21.6. The quantitative estimate of drug-likeness (QED) is 0.0261. The van der Waals surface area contributed by atoms with Crippen LogP contribution in [0, 0.1) is 0 Å². The van der Waals surface area contributed by atoms with E-state index >= 15 is 0 Å². The molecule has 0 amide bonds. The van der Waals surface area contributed by atoms with Gasteiger partial charge in [0, 0.05) is 19.3 Å². The summed E-state index contributed by atoms with van der Waals surface area (Å²) < 4.78 is 16.9. The molecule has 450 valence electrons. The van der Waals surface area contributed by atoms with Crippen molar-refractivity contribution in [1.29, 1.82) is 0 Å². The Bertz CT molecular complexity index is 1640. The van der Waals surface area contributed by atoms with E-state index in [4.69, 9.17) is 14.2 Å². The van der Waals surface area contributed by atoms with Crippen LogP contribution in [-0.2, 0) is 28.6 Å². The molecule has 0 spiro atoms. The van der Waals surface area contributed by atoms with Gasteiger partial charge in [0.15, 0.2) is 6.10 Å². The molecule has 0 fully saturated rings. The van der Waals surface area contributed by atoms with Crippen molar-refractivity contribution in [3.8, 4) is 0 Å². The van der Waals surface area contributed by atoms with E-state index in [1.54, 1.807) is 0 Å². The Morgan fingerprint density at radius 3 is 0.823 bits per heavy atom. The van der Waals surface area contributed by atoms with E-state index in [2.05, 4.69) is 136 Å². The SMILES string of the molecule is CC/C=C\C/C=C\C/C=C\C/C=C\C/C=C\C/C=C\CCC(=O)OC(COC(=O)CCCCCCCCCCCCCC/C=C\C/C=C\C/C=C\C/C=C\CC)COC(=O)CCCCCCCCCCCCCCCCCCC. The van der Waals surface area contributed by atoms with Crippen LogP contribution in [-0.4, -0.2) is 37.2 Å². The summed E-state index contributed by atoms with van der Waals surface area (Å²) in [6, 6.07) is 0. The van der Waals surface area contributed by atoms with Gasteiger partial charge in [-0.3, -0.25) is 14.4 Å². The van der Waals surface area contributed by atoms with Crippen LogP contribution in [0.1, 0.15) is 303 Å². The van der Waals surface area contributed by atoms with Crippen molar-refractivity contribution in [3.05, 3.63) is 122 Å². The first-order valence-electron chi connectivity index (χ1n) is 33.0. The van der Waals surface area contributed by atoms with Gasteiger partial charge in [-0.2, -0.15) is 0 Å². The maximum Gasteiger partial charge on any atom is 0.306 e. The number of rotatable bonds is 59. The summed E-state index contributed by atoms with van der Waals surface area (Å²) in [6.45, 7) is 6.38. The minimum atomic E-state index is -0.822. The molecular weight excluding hydrogens is 973 g/mol. The van der Waals surface area contributed by atoms with E-state index in [9.17, 15) is 14.4 Å². The van der Waals surface area contributed by atoms with Crippen LogP contribution in [0.2, 0.25) is 0 Å². The molecule has 0 radical (unpaired) electrons. The summed E-state index contributed by atoms with van der Waals surface area (Å²) in [5, 5.41) is 0. The smallest absolute Gasteiger partial charge is 0.306 e.